The van der Waals surface area contributed by atoms with Crippen molar-refractivity contribution < 1.29 is 4.79 Å². The summed E-state index contributed by atoms with van der Waals surface area (Å²) in [5.41, 5.74) is 3.79. The van der Waals surface area contributed by atoms with Crippen molar-refractivity contribution in [1.29, 1.82) is 0 Å². The summed E-state index contributed by atoms with van der Waals surface area (Å²) in [5, 5.41) is 0. The van der Waals surface area contributed by atoms with Gasteiger partial charge in [0.05, 0.1) is 0 Å². The van der Waals surface area contributed by atoms with Crippen LogP contribution in [0, 0.1) is 6.92 Å². The van der Waals surface area contributed by atoms with Crippen LogP contribution in [0.4, 0.5) is 5.69 Å². The molecule has 1 heterocycles. The third-order valence-corrected chi connectivity index (χ3v) is 3.74. The second-order valence-electron chi connectivity index (χ2n) is 5.68. The topological polar surface area (TPSA) is 20.3 Å². The number of carbonyl (C=O) groups is 1. The van der Waals surface area contributed by atoms with E-state index in [0.29, 0.717) is 0 Å². The molecule has 0 aromatic heterocycles. The van der Waals surface area contributed by atoms with Crippen LogP contribution < -0.4 is 4.90 Å². The molecule has 1 amide bonds. The number of fused-ring (bicyclic) bond motifs is 1. The van der Waals surface area contributed by atoms with Crippen molar-refractivity contribution >= 4 is 11.6 Å². The summed E-state index contributed by atoms with van der Waals surface area (Å²) in [6, 6.07) is 6.47. The number of carbonyl (C=O) groups excluding carboxylic acids is 1. The number of hydrogen-bond donors (Lipinski definition) is 0. The standard InChI is InChI=1S/C15H21NO/c1-11-6-7-13-14(10-11)16(12(2)17)9-5-8-15(13,3)4/h6-7,10H,5,8-9H2,1-4H3. The monoisotopic (exact) mass is 231 g/mol. The van der Waals surface area contributed by atoms with Gasteiger partial charge in [0.15, 0.2) is 0 Å². The van der Waals surface area contributed by atoms with Crippen molar-refractivity contribution in [3.05, 3.63) is 29.3 Å². The van der Waals surface area contributed by atoms with Crippen LogP contribution in [0.1, 0.15) is 44.7 Å². The summed E-state index contributed by atoms with van der Waals surface area (Å²) in [4.78, 5) is 13.7. The van der Waals surface area contributed by atoms with Crippen LogP contribution in [0.25, 0.3) is 0 Å². The van der Waals surface area contributed by atoms with Gasteiger partial charge in [0.2, 0.25) is 5.91 Å². The Labute approximate surface area is 104 Å². The highest BCUT2D eigenvalue weighted by Gasteiger charge is 2.29. The highest BCUT2D eigenvalue weighted by Crippen LogP contribution is 2.39. The Morgan fingerprint density at radius 2 is 2.06 bits per heavy atom. The quantitative estimate of drug-likeness (QED) is 0.670. The molecule has 1 aliphatic heterocycles. The lowest BCUT2D eigenvalue weighted by atomic mass is 9.80. The first-order valence-corrected chi connectivity index (χ1v) is 6.31. The molecule has 0 fully saturated rings. The number of benzene rings is 1. The lowest BCUT2D eigenvalue weighted by Crippen LogP contribution is -2.29. The molecular weight excluding hydrogens is 210 g/mol. The molecule has 92 valence electrons. The minimum Gasteiger partial charge on any atom is -0.312 e. The van der Waals surface area contributed by atoms with Crippen molar-refractivity contribution in [2.45, 2.75) is 46.0 Å². The van der Waals surface area contributed by atoms with Gasteiger partial charge in [-0.05, 0) is 42.4 Å². The summed E-state index contributed by atoms with van der Waals surface area (Å²) < 4.78 is 0. The van der Waals surface area contributed by atoms with E-state index >= 15 is 0 Å². The molecule has 1 aliphatic rings. The van der Waals surface area contributed by atoms with Gasteiger partial charge in [-0.25, -0.2) is 0 Å². The van der Waals surface area contributed by atoms with E-state index in [2.05, 4.69) is 39.0 Å². The van der Waals surface area contributed by atoms with Gasteiger partial charge in [-0.3, -0.25) is 4.79 Å². The van der Waals surface area contributed by atoms with Crippen molar-refractivity contribution in [3.8, 4) is 0 Å². The van der Waals surface area contributed by atoms with E-state index in [1.54, 1.807) is 6.92 Å². The van der Waals surface area contributed by atoms with Crippen LogP contribution >= 0.6 is 0 Å². The van der Waals surface area contributed by atoms with Crippen LogP contribution in [0.5, 0.6) is 0 Å². The summed E-state index contributed by atoms with van der Waals surface area (Å²) in [6.45, 7) is 9.12. The van der Waals surface area contributed by atoms with Gasteiger partial charge in [0.25, 0.3) is 0 Å². The molecule has 0 bridgehead atoms. The average Bonchev–Trinajstić information content (AvgIpc) is 2.34. The molecule has 2 rings (SSSR count). The van der Waals surface area contributed by atoms with E-state index in [1.165, 1.54) is 11.1 Å². The maximum absolute atomic E-state index is 11.8. The minimum atomic E-state index is 0.148. The average molecular weight is 231 g/mol. The highest BCUT2D eigenvalue weighted by atomic mass is 16.2. The van der Waals surface area contributed by atoms with E-state index in [-0.39, 0.29) is 11.3 Å². The van der Waals surface area contributed by atoms with Crippen molar-refractivity contribution in [2.24, 2.45) is 0 Å². The number of amides is 1. The highest BCUT2D eigenvalue weighted by molar-refractivity contribution is 5.92. The molecule has 0 spiro atoms. The Hall–Kier alpha value is -1.31. The third kappa shape index (κ3) is 2.21. The zero-order chi connectivity index (χ0) is 12.6. The van der Waals surface area contributed by atoms with Gasteiger partial charge in [-0.15, -0.1) is 0 Å². The van der Waals surface area contributed by atoms with Crippen LogP contribution in [0.2, 0.25) is 0 Å². The van der Waals surface area contributed by atoms with Crippen molar-refractivity contribution in [2.75, 3.05) is 11.4 Å². The summed E-state index contributed by atoms with van der Waals surface area (Å²) in [5.74, 6) is 0.148. The Kier molecular flexibility index (Phi) is 2.98. The molecule has 0 radical (unpaired) electrons. The molecule has 17 heavy (non-hydrogen) atoms. The molecule has 0 atom stereocenters. The van der Waals surface area contributed by atoms with Gasteiger partial charge < -0.3 is 4.90 Å². The molecule has 0 aliphatic carbocycles. The SMILES string of the molecule is CC(=O)N1CCCC(C)(C)c2ccc(C)cc21. The van der Waals surface area contributed by atoms with Crippen LogP contribution in [-0.2, 0) is 10.2 Å². The van der Waals surface area contributed by atoms with Crippen LogP contribution in [-0.4, -0.2) is 12.5 Å². The molecule has 2 heteroatoms. The minimum absolute atomic E-state index is 0.148. The predicted octanol–water partition coefficient (Wildman–Crippen LogP) is 3.42. The summed E-state index contributed by atoms with van der Waals surface area (Å²) in [6.07, 6.45) is 2.20. The first-order chi connectivity index (χ1) is 7.92. The number of rotatable bonds is 0. The molecule has 0 saturated carbocycles. The number of nitrogens with zero attached hydrogens (tertiary/aromatic N) is 1. The first-order valence-electron chi connectivity index (χ1n) is 6.31. The zero-order valence-electron chi connectivity index (χ0n) is 11.2. The van der Waals surface area contributed by atoms with E-state index in [4.69, 9.17) is 0 Å². The number of aryl methyl sites for hydroxylation is 1. The fourth-order valence-corrected chi connectivity index (χ4v) is 2.70. The Bertz CT molecular complexity index is 448. The van der Waals surface area contributed by atoms with E-state index in [9.17, 15) is 4.79 Å². The lowest BCUT2D eigenvalue weighted by Gasteiger charge is -2.27. The van der Waals surface area contributed by atoms with E-state index in [0.717, 1.165) is 25.1 Å². The first kappa shape index (κ1) is 12.2. The zero-order valence-corrected chi connectivity index (χ0v) is 11.2. The Morgan fingerprint density at radius 3 is 2.71 bits per heavy atom. The second-order valence-corrected chi connectivity index (χ2v) is 5.68. The van der Waals surface area contributed by atoms with Gasteiger partial charge in [0.1, 0.15) is 0 Å². The number of hydrogen-bond acceptors (Lipinski definition) is 1. The predicted molar refractivity (Wildman–Crippen MR) is 71.5 cm³/mol. The fraction of sp³-hybridized carbons (Fsp3) is 0.533. The molecule has 0 unspecified atom stereocenters. The van der Waals surface area contributed by atoms with Gasteiger partial charge >= 0.3 is 0 Å². The van der Waals surface area contributed by atoms with Crippen molar-refractivity contribution in [3.63, 3.8) is 0 Å². The molecule has 0 N–H and O–H groups in total. The lowest BCUT2D eigenvalue weighted by molar-refractivity contribution is -0.116. The van der Waals surface area contributed by atoms with E-state index < -0.39 is 0 Å². The normalized spacial score (nSPS) is 18.5. The molecule has 0 saturated heterocycles. The van der Waals surface area contributed by atoms with Crippen LogP contribution in [0.3, 0.4) is 0 Å². The molecular formula is C15H21NO. The molecule has 1 aromatic rings. The Morgan fingerprint density at radius 1 is 1.35 bits per heavy atom. The van der Waals surface area contributed by atoms with Gasteiger partial charge in [-0.2, -0.15) is 0 Å². The smallest absolute Gasteiger partial charge is 0.223 e. The maximum Gasteiger partial charge on any atom is 0.223 e. The number of anilines is 1. The van der Waals surface area contributed by atoms with Crippen LogP contribution in [0.15, 0.2) is 18.2 Å². The fourth-order valence-electron chi connectivity index (χ4n) is 2.70. The van der Waals surface area contributed by atoms with Gasteiger partial charge in [-0.1, -0.05) is 26.0 Å². The van der Waals surface area contributed by atoms with Gasteiger partial charge in [0, 0.05) is 19.2 Å². The summed E-state index contributed by atoms with van der Waals surface area (Å²) >= 11 is 0. The summed E-state index contributed by atoms with van der Waals surface area (Å²) in [7, 11) is 0. The molecule has 1 aromatic carbocycles. The maximum atomic E-state index is 11.8. The van der Waals surface area contributed by atoms with E-state index in [1.807, 2.05) is 4.90 Å². The second kappa shape index (κ2) is 4.17. The third-order valence-electron chi connectivity index (χ3n) is 3.74. The largest absolute Gasteiger partial charge is 0.312 e. The molecule has 2 nitrogen and oxygen atoms in total. The van der Waals surface area contributed by atoms with Crippen molar-refractivity contribution in [1.82, 2.24) is 0 Å². The Balaban J connectivity index is 2.60.